The maximum absolute atomic E-state index is 13.3. The van der Waals surface area contributed by atoms with E-state index in [1.807, 2.05) is 6.92 Å². The van der Waals surface area contributed by atoms with E-state index in [1.165, 1.54) is 21.9 Å². The highest BCUT2D eigenvalue weighted by atomic mass is 16.5. The molecule has 0 bridgehead atoms. The average Bonchev–Trinajstić information content (AvgIpc) is 3.12. The van der Waals surface area contributed by atoms with Gasteiger partial charge in [0.1, 0.15) is 30.3 Å². The molecule has 2 aliphatic rings. The Morgan fingerprint density at radius 2 is 1.83 bits per heavy atom. The minimum absolute atomic E-state index is 0.0536. The third-order valence-corrected chi connectivity index (χ3v) is 6.68. The number of benzene rings is 2. The number of carbonyl (C=O) groups is 2. The van der Waals surface area contributed by atoms with Crippen molar-refractivity contribution in [3.05, 3.63) is 64.7 Å². The number of rotatable bonds is 8. The van der Waals surface area contributed by atoms with Gasteiger partial charge in [-0.2, -0.15) is 0 Å². The number of nitrogens with one attached hydrogen (secondary N) is 1. The lowest BCUT2D eigenvalue weighted by Crippen LogP contribution is -3.14. The van der Waals surface area contributed by atoms with E-state index in [0.29, 0.717) is 55.7 Å². The molecule has 2 aromatic rings. The van der Waals surface area contributed by atoms with Gasteiger partial charge in [-0.1, -0.05) is 26.0 Å². The monoisotopic (exact) mass is 495 g/mol. The molecule has 192 valence electrons. The third kappa shape index (κ3) is 5.55. The summed E-state index contributed by atoms with van der Waals surface area (Å²) in [6, 6.07) is 10.9. The molecule has 8 nitrogen and oxygen atoms in total. The minimum Gasteiger partial charge on any atom is -0.508 e. The van der Waals surface area contributed by atoms with E-state index >= 15 is 0 Å². The van der Waals surface area contributed by atoms with Crippen molar-refractivity contribution < 1.29 is 34.2 Å². The van der Waals surface area contributed by atoms with Crippen molar-refractivity contribution in [1.29, 1.82) is 0 Å². The number of ether oxygens (including phenoxy) is 2. The number of quaternary nitrogens is 1. The first-order valence-electron chi connectivity index (χ1n) is 12.5. The van der Waals surface area contributed by atoms with Crippen molar-refractivity contribution in [1.82, 2.24) is 4.90 Å². The van der Waals surface area contributed by atoms with Crippen LogP contribution in [0.2, 0.25) is 0 Å². The number of likely N-dealkylation sites (tertiary alicyclic amines) is 1. The second kappa shape index (κ2) is 11.1. The standard InChI is InChI=1S/C28H34N2O6/c1-18(2)17-36-23-9-6-21(16-19(23)3)26(32)24-25(20-4-7-22(31)8-5-20)30(28(34)27(24)33)11-10-29-12-14-35-15-13-29/h4-9,16,18,25,31-32H,10-15,17H2,1-3H3/p+1. The molecule has 4 rings (SSSR count). The summed E-state index contributed by atoms with van der Waals surface area (Å²) in [4.78, 5) is 29.3. The lowest BCUT2D eigenvalue weighted by molar-refractivity contribution is -0.907. The number of aliphatic hydroxyl groups is 1. The summed E-state index contributed by atoms with van der Waals surface area (Å²) in [7, 11) is 0. The molecule has 3 N–H and O–H groups in total. The number of ketones is 1. The number of aromatic hydroxyl groups is 1. The predicted octanol–water partition coefficient (Wildman–Crippen LogP) is 2.07. The van der Waals surface area contributed by atoms with Crippen LogP contribution in [0.5, 0.6) is 11.5 Å². The number of hydrogen-bond acceptors (Lipinski definition) is 6. The normalized spacial score (nSPS) is 20.3. The van der Waals surface area contributed by atoms with Gasteiger partial charge in [-0.05, 0) is 54.3 Å². The van der Waals surface area contributed by atoms with Gasteiger partial charge in [0.15, 0.2) is 0 Å². The maximum Gasteiger partial charge on any atom is 0.295 e. The van der Waals surface area contributed by atoms with Crippen LogP contribution in [-0.4, -0.2) is 72.8 Å². The molecule has 36 heavy (non-hydrogen) atoms. The van der Waals surface area contributed by atoms with Crippen LogP contribution in [0.15, 0.2) is 48.0 Å². The number of Topliss-reactive ketones (excluding diaryl/α,β-unsaturated/α-hetero) is 1. The number of amides is 1. The van der Waals surface area contributed by atoms with Gasteiger partial charge in [0.2, 0.25) is 0 Å². The number of aliphatic hydroxyl groups excluding tert-OH is 1. The average molecular weight is 496 g/mol. The van der Waals surface area contributed by atoms with Crippen LogP contribution in [-0.2, 0) is 14.3 Å². The van der Waals surface area contributed by atoms with Crippen molar-refractivity contribution in [2.24, 2.45) is 5.92 Å². The molecule has 2 saturated heterocycles. The molecule has 0 spiro atoms. The van der Waals surface area contributed by atoms with Gasteiger partial charge in [-0.25, -0.2) is 0 Å². The fourth-order valence-electron chi connectivity index (χ4n) is 4.67. The fraction of sp³-hybridized carbons (Fsp3) is 0.429. The molecule has 0 radical (unpaired) electrons. The van der Waals surface area contributed by atoms with Gasteiger partial charge in [0.05, 0.1) is 44.5 Å². The molecule has 2 aliphatic heterocycles. The van der Waals surface area contributed by atoms with Crippen LogP contribution in [0.1, 0.15) is 36.6 Å². The summed E-state index contributed by atoms with van der Waals surface area (Å²) < 4.78 is 11.3. The van der Waals surface area contributed by atoms with E-state index in [0.717, 1.165) is 18.7 Å². The third-order valence-electron chi connectivity index (χ3n) is 6.68. The lowest BCUT2D eigenvalue weighted by atomic mass is 9.94. The van der Waals surface area contributed by atoms with Crippen molar-refractivity contribution in [3.63, 3.8) is 0 Å². The summed E-state index contributed by atoms with van der Waals surface area (Å²) >= 11 is 0. The van der Waals surface area contributed by atoms with E-state index in [2.05, 4.69) is 13.8 Å². The highest BCUT2D eigenvalue weighted by Gasteiger charge is 2.46. The molecule has 2 heterocycles. The zero-order valence-electron chi connectivity index (χ0n) is 21.1. The van der Waals surface area contributed by atoms with E-state index in [-0.39, 0.29) is 17.1 Å². The van der Waals surface area contributed by atoms with Crippen LogP contribution in [0.3, 0.4) is 0 Å². The smallest absolute Gasteiger partial charge is 0.295 e. The summed E-state index contributed by atoms with van der Waals surface area (Å²) in [6.45, 7) is 10.7. The van der Waals surface area contributed by atoms with Gasteiger partial charge in [-0.3, -0.25) is 9.59 Å². The summed E-state index contributed by atoms with van der Waals surface area (Å²) in [5.74, 6) is -0.384. The molecular weight excluding hydrogens is 460 g/mol. The van der Waals surface area contributed by atoms with E-state index in [4.69, 9.17) is 9.47 Å². The number of aryl methyl sites for hydroxylation is 1. The summed E-state index contributed by atoms with van der Waals surface area (Å²) in [5, 5.41) is 21.1. The van der Waals surface area contributed by atoms with Crippen molar-refractivity contribution in [3.8, 4) is 11.5 Å². The molecule has 1 amide bonds. The van der Waals surface area contributed by atoms with Gasteiger partial charge >= 0.3 is 0 Å². The molecule has 0 aromatic heterocycles. The van der Waals surface area contributed by atoms with Crippen molar-refractivity contribution in [2.45, 2.75) is 26.8 Å². The number of morpholine rings is 1. The number of nitrogens with zero attached hydrogens (tertiary/aromatic N) is 1. The molecule has 8 heteroatoms. The Balaban J connectivity index is 1.69. The Morgan fingerprint density at radius 1 is 1.14 bits per heavy atom. The van der Waals surface area contributed by atoms with E-state index in [1.54, 1.807) is 30.3 Å². The Hall–Kier alpha value is -3.36. The van der Waals surface area contributed by atoms with Crippen molar-refractivity contribution >= 4 is 17.4 Å². The number of hydrogen-bond donors (Lipinski definition) is 3. The summed E-state index contributed by atoms with van der Waals surface area (Å²) in [6.07, 6.45) is 0. The van der Waals surface area contributed by atoms with Crippen LogP contribution < -0.4 is 9.64 Å². The van der Waals surface area contributed by atoms with E-state index in [9.17, 15) is 19.8 Å². The van der Waals surface area contributed by atoms with Gasteiger partial charge in [-0.15, -0.1) is 0 Å². The van der Waals surface area contributed by atoms with Crippen LogP contribution in [0.4, 0.5) is 0 Å². The highest BCUT2D eigenvalue weighted by molar-refractivity contribution is 6.46. The molecule has 0 saturated carbocycles. The van der Waals surface area contributed by atoms with Gasteiger partial charge in [0, 0.05) is 5.56 Å². The number of phenols is 1. The SMILES string of the molecule is Cc1cc(C(O)=C2C(=O)C(=O)N(CC[NH+]3CCOCC3)C2c2ccc(O)cc2)ccc1OCC(C)C. The minimum atomic E-state index is -0.747. The molecule has 1 unspecified atom stereocenters. The van der Waals surface area contributed by atoms with Crippen LogP contribution in [0, 0.1) is 12.8 Å². The maximum atomic E-state index is 13.3. The highest BCUT2D eigenvalue weighted by Crippen LogP contribution is 2.40. The Labute approximate surface area is 211 Å². The first kappa shape index (κ1) is 25.7. The second-order valence-electron chi connectivity index (χ2n) is 9.88. The van der Waals surface area contributed by atoms with E-state index < -0.39 is 17.7 Å². The Morgan fingerprint density at radius 3 is 2.47 bits per heavy atom. The Kier molecular flexibility index (Phi) is 7.96. The van der Waals surface area contributed by atoms with Crippen molar-refractivity contribution in [2.75, 3.05) is 46.0 Å². The predicted molar refractivity (Wildman–Crippen MR) is 135 cm³/mol. The molecule has 0 aliphatic carbocycles. The topological polar surface area (TPSA) is 101 Å². The number of carbonyl (C=O) groups excluding carboxylic acids is 2. The van der Waals surface area contributed by atoms with Gasteiger partial charge < -0.3 is 29.5 Å². The molecular formula is C28H35N2O6+. The zero-order valence-corrected chi connectivity index (χ0v) is 21.1. The Bertz CT molecular complexity index is 1140. The van der Waals surface area contributed by atoms with Crippen LogP contribution >= 0.6 is 0 Å². The first-order valence-corrected chi connectivity index (χ1v) is 12.5. The van der Waals surface area contributed by atoms with Gasteiger partial charge in [0.25, 0.3) is 11.7 Å². The molecule has 2 aromatic carbocycles. The zero-order chi connectivity index (χ0) is 25.8. The lowest BCUT2D eigenvalue weighted by Gasteiger charge is -2.29. The summed E-state index contributed by atoms with van der Waals surface area (Å²) in [5.41, 5.74) is 1.98. The fourth-order valence-corrected chi connectivity index (χ4v) is 4.67. The van der Waals surface area contributed by atoms with Crippen LogP contribution in [0.25, 0.3) is 5.76 Å². The first-order chi connectivity index (χ1) is 17.3. The largest absolute Gasteiger partial charge is 0.508 e. The molecule has 1 atom stereocenters. The number of phenolic OH excluding ortho intramolecular Hbond substituents is 1. The second-order valence-corrected chi connectivity index (χ2v) is 9.88. The quantitative estimate of drug-likeness (QED) is 0.295. The molecule has 2 fully saturated rings.